The van der Waals surface area contributed by atoms with Crippen LogP contribution >= 0.6 is 0 Å². The number of benzene rings is 3. The van der Waals surface area contributed by atoms with Gasteiger partial charge in [0.1, 0.15) is 22.3 Å². The number of aromatic nitrogens is 2. The number of hydrogen-bond acceptors (Lipinski definition) is 9. The Morgan fingerprint density at radius 1 is 0.880 bits per heavy atom. The van der Waals surface area contributed by atoms with Crippen LogP contribution in [0, 0.1) is 13.8 Å². The molecule has 0 bridgehead atoms. The van der Waals surface area contributed by atoms with Crippen molar-refractivity contribution in [2.24, 2.45) is 5.73 Å². The SMILES string of the molecule is Cc1noc(C)c1S(=O)(=O)N(Cc1ccccc1)C[C@@H](O)[C@H](Cc1ccccc1)NC(=O)[C@H](CC(N)=O)NC(=O)c1ccc2ccccc2n1. The van der Waals surface area contributed by atoms with Crippen LogP contribution in [0.1, 0.15) is 39.5 Å². The van der Waals surface area contributed by atoms with E-state index in [1.165, 1.54) is 19.9 Å². The molecule has 0 aliphatic rings. The van der Waals surface area contributed by atoms with Crippen molar-refractivity contribution in [1.29, 1.82) is 0 Å². The molecule has 3 aromatic carbocycles. The van der Waals surface area contributed by atoms with Crippen LogP contribution in [0.4, 0.5) is 0 Å². The lowest BCUT2D eigenvalue weighted by Gasteiger charge is -2.31. The van der Waals surface area contributed by atoms with Crippen molar-refractivity contribution in [3.63, 3.8) is 0 Å². The van der Waals surface area contributed by atoms with Crippen molar-refractivity contribution in [2.45, 2.75) is 56.3 Å². The summed E-state index contributed by atoms with van der Waals surface area (Å²) in [5.74, 6) is -2.27. The number of hydrogen-bond donors (Lipinski definition) is 4. The van der Waals surface area contributed by atoms with E-state index in [1.807, 2.05) is 18.2 Å². The molecule has 5 N–H and O–H groups in total. The van der Waals surface area contributed by atoms with Crippen molar-refractivity contribution in [2.75, 3.05) is 6.54 Å². The average Bonchev–Trinajstić information content (AvgIpc) is 3.45. The van der Waals surface area contributed by atoms with Crippen LogP contribution in [0.3, 0.4) is 0 Å². The first-order valence-corrected chi connectivity index (χ1v) is 17.3. The summed E-state index contributed by atoms with van der Waals surface area (Å²) in [7, 11) is -4.26. The molecular formula is C36H38N6O7S. The number of primary amides is 1. The monoisotopic (exact) mass is 698 g/mol. The molecule has 3 atom stereocenters. The van der Waals surface area contributed by atoms with Crippen molar-refractivity contribution < 1.29 is 32.4 Å². The standard InChI is InChI=1S/C36H38N6O7S/c1-23-34(24(2)49-41-23)50(47,48)42(21-26-13-7-4-8-14-26)22-32(43)30(19-25-11-5-3-6-12-25)39-36(46)31(20-33(37)44)40-35(45)29-18-17-27-15-9-10-16-28(27)38-29/h3-18,30-32,43H,19-22H2,1-2H3,(H2,37,44)(H,39,46)(H,40,45)/t30-,31-,32+/m0/s1. The van der Waals surface area contributed by atoms with E-state index in [2.05, 4.69) is 20.8 Å². The minimum absolute atomic E-state index is 0.0212. The van der Waals surface area contributed by atoms with Crippen LogP contribution in [-0.4, -0.2) is 70.4 Å². The average molecular weight is 699 g/mol. The lowest BCUT2D eigenvalue weighted by atomic mass is 10.00. The Morgan fingerprint density at radius 3 is 2.16 bits per heavy atom. The van der Waals surface area contributed by atoms with Crippen LogP contribution in [0.15, 0.2) is 106 Å². The molecule has 5 rings (SSSR count). The molecule has 0 aliphatic carbocycles. The number of para-hydroxylation sites is 1. The number of nitrogens with one attached hydrogen (secondary N) is 2. The van der Waals surface area contributed by atoms with Gasteiger partial charge in [0.05, 0.1) is 24.1 Å². The van der Waals surface area contributed by atoms with Gasteiger partial charge in [-0.05, 0) is 43.5 Å². The summed E-state index contributed by atoms with van der Waals surface area (Å²) in [5.41, 5.74) is 7.61. The fraction of sp³-hybridized carbons (Fsp3) is 0.250. The predicted molar refractivity (Wildman–Crippen MR) is 185 cm³/mol. The summed E-state index contributed by atoms with van der Waals surface area (Å²) in [6.07, 6.45) is -1.92. The number of nitrogens with two attached hydrogens (primary N) is 1. The number of aliphatic hydroxyl groups excluding tert-OH is 1. The second-order valence-corrected chi connectivity index (χ2v) is 13.8. The molecule has 0 aliphatic heterocycles. The Hall–Kier alpha value is -5.44. The van der Waals surface area contributed by atoms with Gasteiger partial charge in [0.25, 0.3) is 5.91 Å². The first kappa shape index (κ1) is 35.9. The number of aliphatic hydroxyl groups is 1. The van der Waals surface area contributed by atoms with Gasteiger partial charge < -0.3 is 26.0 Å². The van der Waals surface area contributed by atoms with E-state index in [4.69, 9.17) is 10.3 Å². The topological polar surface area (TPSA) is 198 Å². The molecule has 0 unspecified atom stereocenters. The van der Waals surface area contributed by atoms with Crippen molar-refractivity contribution in [3.05, 3.63) is 125 Å². The highest BCUT2D eigenvalue weighted by Crippen LogP contribution is 2.26. The predicted octanol–water partition coefficient (Wildman–Crippen LogP) is 2.79. The zero-order chi connectivity index (χ0) is 35.8. The Balaban J connectivity index is 1.42. The molecular weight excluding hydrogens is 660 g/mol. The van der Waals surface area contributed by atoms with Crippen molar-refractivity contribution in [3.8, 4) is 0 Å². The molecule has 260 valence electrons. The van der Waals surface area contributed by atoms with Gasteiger partial charge in [-0.25, -0.2) is 13.4 Å². The van der Waals surface area contributed by atoms with Crippen LogP contribution in [0.5, 0.6) is 0 Å². The fourth-order valence-corrected chi connectivity index (χ4v) is 7.35. The van der Waals surface area contributed by atoms with E-state index >= 15 is 0 Å². The zero-order valence-electron chi connectivity index (χ0n) is 27.5. The number of fused-ring (bicyclic) bond motifs is 1. The van der Waals surface area contributed by atoms with Crippen LogP contribution < -0.4 is 16.4 Å². The molecule has 0 radical (unpaired) electrons. The summed E-state index contributed by atoms with van der Waals surface area (Å²) in [5, 5.41) is 21.7. The number of amides is 3. The Bertz CT molecular complexity index is 2050. The number of rotatable bonds is 15. The maximum atomic E-state index is 14.1. The summed E-state index contributed by atoms with van der Waals surface area (Å²) in [6, 6.07) is 25.7. The smallest absolute Gasteiger partial charge is 0.270 e. The van der Waals surface area contributed by atoms with Crippen LogP contribution in [0.2, 0.25) is 0 Å². The largest absolute Gasteiger partial charge is 0.390 e. The maximum Gasteiger partial charge on any atom is 0.270 e. The number of nitrogens with zero attached hydrogens (tertiary/aromatic N) is 3. The fourth-order valence-electron chi connectivity index (χ4n) is 5.61. The molecule has 0 fully saturated rings. The molecule has 5 aromatic rings. The van der Waals surface area contributed by atoms with E-state index in [9.17, 15) is 27.9 Å². The quantitative estimate of drug-likeness (QED) is 0.127. The Labute approximate surface area is 289 Å². The highest BCUT2D eigenvalue weighted by atomic mass is 32.2. The van der Waals surface area contributed by atoms with Gasteiger partial charge in [-0.15, -0.1) is 0 Å². The van der Waals surface area contributed by atoms with Crippen molar-refractivity contribution >= 4 is 38.6 Å². The van der Waals surface area contributed by atoms with E-state index in [0.29, 0.717) is 11.1 Å². The molecule has 2 aromatic heterocycles. The highest BCUT2D eigenvalue weighted by molar-refractivity contribution is 7.89. The van der Waals surface area contributed by atoms with Gasteiger partial charge >= 0.3 is 0 Å². The van der Waals surface area contributed by atoms with Gasteiger partial charge in [-0.2, -0.15) is 4.31 Å². The van der Waals surface area contributed by atoms with E-state index in [1.54, 1.807) is 72.8 Å². The lowest BCUT2D eigenvalue weighted by Crippen LogP contribution is -2.56. The van der Waals surface area contributed by atoms with E-state index < -0.39 is 58.9 Å². The highest BCUT2D eigenvalue weighted by Gasteiger charge is 2.36. The lowest BCUT2D eigenvalue weighted by molar-refractivity contribution is -0.128. The van der Waals surface area contributed by atoms with Crippen LogP contribution in [-0.2, 0) is 32.6 Å². The number of sulfonamides is 1. The third-order valence-corrected chi connectivity index (χ3v) is 10.2. The number of aryl methyl sites for hydroxylation is 2. The minimum atomic E-state index is -4.26. The Kier molecular flexibility index (Phi) is 11.4. The molecule has 3 amide bonds. The van der Waals surface area contributed by atoms with Gasteiger partial charge in [-0.3, -0.25) is 14.4 Å². The first-order chi connectivity index (χ1) is 23.9. The van der Waals surface area contributed by atoms with Crippen molar-refractivity contribution in [1.82, 2.24) is 25.1 Å². The molecule has 0 spiro atoms. The number of carbonyl (C=O) groups excluding carboxylic acids is 3. The number of pyridine rings is 1. The normalized spacial score (nSPS) is 13.4. The molecule has 50 heavy (non-hydrogen) atoms. The molecule has 13 nitrogen and oxygen atoms in total. The van der Waals surface area contributed by atoms with E-state index in [-0.39, 0.29) is 35.0 Å². The van der Waals surface area contributed by atoms with Gasteiger partial charge in [0, 0.05) is 18.5 Å². The van der Waals surface area contributed by atoms with Gasteiger partial charge in [0.15, 0.2) is 5.76 Å². The van der Waals surface area contributed by atoms with Crippen LogP contribution in [0.25, 0.3) is 10.9 Å². The first-order valence-electron chi connectivity index (χ1n) is 15.9. The third-order valence-electron chi connectivity index (χ3n) is 8.11. The second kappa shape index (κ2) is 15.8. The minimum Gasteiger partial charge on any atom is -0.390 e. The molecule has 0 saturated heterocycles. The Morgan fingerprint density at radius 2 is 1.52 bits per heavy atom. The molecule has 0 saturated carbocycles. The summed E-state index contributed by atoms with van der Waals surface area (Å²) >= 11 is 0. The second-order valence-electron chi connectivity index (χ2n) is 11.9. The summed E-state index contributed by atoms with van der Waals surface area (Å²) in [6.45, 7) is 2.46. The van der Waals surface area contributed by atoms with Gasteiger partial charge in [0.2, 0.25) is 21.8 Å². The number of carbonyl (C=O) groups is 3. The molecule has 14 heteroatoms. The summed E-state index contributed by atoms with van der Waals surface area (Å²) in [4.78, 5) is 43.3. The maximum absolute atomic E-state index is 14.1. The zero-order valence-corrected chi connectivity index (χ0v) is 28.3. The van der Waals surface area contributed by atoms with E-state index in [0.717, 1.165) is 15.3 Å². The molecule has 2 heterocycles. The summed E-state index contributed by atoms with van der Waals surface area (Å²) < 4.78 is 34.4. The third kappa shape index (κ3) is 8.77. The van der Waals surface area contributed by atoms with Gasteiger partial charge in [-0.1, -0.05) is 90.1 Å².